The zero-order chi connectivity index (χ0) is 18.7. The van der Waals surface area contributed by atoms with Gasteiger partial charge < -0.3 is 9.80 Å². The van der Waals surface area contributed by atoms with Crippen molar-refractivity contribution in [3.63, 3.8) is 0 Å². The lowest BCUT2D eigenvalue weighted by molar-refractivity contribution is 0.382. The summed E-state index contributed by atoms with van der Waals surface area (Å²) in [7, 11) is 0.115. The molecule has 1 aromatic carbocycles. The third-order valence-electron chi connectivity index (χ3n) is 4.23. The van der Waals surface area contributed by atoms with Gasteiger partial charge in [0.25, 0.3) is 0 Å². The normalized spacial score (nSPS) is 15.5. The van der Waals surface area contributed by atoms with Gasteiger partial charge in [-0.05, 0) is 18.2 Å². The van der Waals surface area contributed by atoms with Crippen molar-refractivity contribution in [2.45, 2.75) is 4.90 Å². The molecule has 3 rings (SSSR count). The van der Waals surface area contributed by atoms with E-state index in [1.165, 1.54) is 16.4 Å². The Hall–Kier alpha value is -2.70. The van der Waals surface area contributed by atoms with Crippen molar-refractivity contribution in [1.82, 2.24) is 14.3 Å². The summed E-state index contributed by atoms with van der Waals surface area (Å²) in [6.07, 6.45) is 1.70. The molecule has 0 aliphatic carbocycles. The van der Waals surface area contributed by atoms with E-state index >= 15 is 0 Å². The molecular weight excluding hydrogens is 352 g/mol. The minimum absolute atomic E-state index is 0.0572. The molecule has 0 spiro atoms. The summed E-state index contributed by atoms with van der Waals surface area (Å²) in [5, 5.41) is 9.18. The highest BCUT2D eigenvalue weighted by Gasteiger charge is 2.30. The van der Waals surface area contributed by atoms with Crippen LogP contribution in [0, 0.1) is 11.3 Å². The summed E-state index contributed by atoms with van der Waals surface area (Å²) in [6, 6.07) is 10.1. The second kappa shape index (κ2) is 7.27. The number of anilines is 2. The van der Waals surface area contributed by atoms with Gasteiger partial charge in [0.05, 0.1) is 10.5 Å². The maximum Gasteiger partial charge on any atom is 0.244 e. The van der Waals surface area contributed by atoms with Crippen LogP contribution < -0.4 is 9.80 Å². The molecule has 136 valence electrons. The van der Waals surface area contributed by atoms with E-state index in [1.807, 2.05) is 36.0 Å². The van der Waals surface area contributed by atoms with Crippen LogP contribution in [0.4, 0.5) is 11.8 Å². The number of piperazine rings is 1. The third-order valence-corrected chi connectivity index (χ3v) is 6.19. The Morgan fingerprint density at radius 2 is 1.81 bits per heavy atom. The van der Waals surface area contributed by atoms with Gasteiger partial charge in [-0.25, -0.2) is 13.4 Å². The predicted molar refractivity (Wildman–Crippen MR) is 98.5 cm³/mol. The Labute approximate surface area is 153 Å². The van der Waals surface area contributed by atoms with Gasteiger partial charge in [0.1, 0.15) is 11.9 Å². The number of nitriles is 1. The molecule has 26 heavy (non-hydrogen) atoms. The van der Waals surface area contributed by atoms with Gasteiger partial charge in [-0.3, -0.25) is 0 Å². The molecule has 0 saturated carbocycles. The zero-order valence-corrected chi connectivity index (χ0v) is 15.5. The highest BCUT2D eigenvalue weighted by molar-refractivity contribution is 7.89. The summed E-state index contributed by atoms with van der Waals surface area (Å²) in [5.41, 5.74) is 0.164. The molecule has 1 aliphatic rings. The molecule has 8 nitrogen and oxygen atoms in total. The lowest BCUT2D eigenvalue weighted by atomic mass is 10.2. The monoisotopic (exact) mass is 372 g/mol. The molecule has 0 N–H and O–H groups in total. The van der Waals surface area contributed by atoms with Gasteiger partial charge in [-0.1, -0.05) is 12.1 Å². The molecule has 0 atom stereocenters. The molecule has 2 heterocycles. The van der Waals surface area contributed by atoms with Crippen molar-refractivity contribution in [2.24, 2.45) is 0 Å². The molecule has 0 radical (unpaired) electrons. The van der Waals surface area contributed by atoms with E-state index in [2.05, 4.69) is 9.97 Å². The minimum atomic E-state index is -3.70. The van der Waals surface area contributed by atoms with Gasteiger partial charge in [-0.2, -0.15) is 14.6 Å². The van der Waals surface area contributed by atoms with Gasteiger partial charge >= 0.3 is 0 Å². The van der Waals surface area contributed by atoms with Crippen molar-refractivity contribution >= 4 is 21.8 Å². The SMILES string of the molecule is CN(C)c1ccnc(N2CCN(S(=O)(=O)c3ccccc3C#N)CC2)n1. The average molecular weight is 372 g/mol. The minimum Gasteiger partial charge on any atom is -0.363 e. The van der Waals surface area contributed by atoms with E-state index in [9.17, 15) is 13.7 Å². The number of rotatable bonds is 4. The molecular formula is C17H20N6O2S. The molecule has 0 bridgehead atoms. The molecule has 1 aromatic heterocycles. The standard InChI is InChI=1S/C17H20N6O2S/c1-21(2)16-7-8-19-17(20-16)22-9-11-23(12-10-22)26(24,25)15-6-4-3-5-14(15)13-18/h3-8H,9-12H2,1-2H3. The van der Waals surface area contributed by atoms with Crippen molar-refractivity contribution in [3.05, 3.63) is 42.1 Å². The van der Waals surface area contributed by atoms with Crippen molar-refractivity contribution in [3.8, 4) is 6.07 Å². The van der Waals surface area contributed by atoms with Crippen LogP contribution in [0.2, 0.25) is 0 Å². The third kappa shape index (κ3) is 3.47. The van der Waals surface area contributed by atoms with Gasteiger partial charge in [0, 0.05) is 46.5 Å². The van der Waals surface area contributed by atoms with E-state index in [1.54, 1.807) is 18.3 Å². The fourth-order valence-corrected chi connectivity index (χ4v) is 4.36. The fourth-order valence-electron chi connectivity index (χ4n) is 2.79. The lowest BCUT2D eigenvalue weighted by Gasteiger charge is -2.34. The van der Waals surface area contributed by atoms with Crippen LogP contribution in [0.1, 0.15) is 5.56 Å². The summed E-state index contributed by atoms with van der Waals surface area (Å²) >= 11 is 0. The molecule has 1 aliphatic heterocycles. The lowest BCUT2D eigenvalue weighted by Crippen LogP contribution is -2.49. The molecule has 1 fully saturated rings. The van der Waals surface area contributed by atoms with Crippen LogP contribution in [-0.4, -0.2) is 63.0 Å². The van der Waals surface area contributed by atoms with E-state index in [-0.39, 0.29) is 10.5 Å². The smallest absolute Gasteiger partial charge is 0.244 e. The molecule has 9 heteroatoms. The number of nitrogens with zero attached hydrogens (tertiary/aromatic N) is 6. The first-order valence-corrected chi connectivity index (χ1v) is 9.62. The Morgan fingerprint density at radius 3 is 2.46 bits per heavy atom. The van der Waals surface area contributed by atoms with Crippen LogP contribution in [0.3, 0.4) is 0 Å². The predicted octanol–water partition coefficient (Wildman–Crippen LogP) is 0.925. The zero-order valence-electron chi connectivity index (χ0n) is 14.7. The summed E-state index contributed by atoms with van der Waals surface area (Å²) in [4.78, 5) is 12.7. The Morgan fingerprint density at radius 1 is 1.12 bits per heavy atom. The van der Waals surface area contributed by atoms with Gasteiger partial charge in [-0.15, -0.1) is 0 Å². The van der Waals surface area contributed by atoms with Gasteiger partial charge in [0.2, 0.25) is 16.0 Å². The maximum absolute atomic E-state index is 12.9. The van der Waals surface area contributed by atoms with Crippen LogP contribution >= 0.6 is 0 Å². The van der Waals surface area contributed by atoms with Crippen LogP contribution in [-0.2, 0) is 10.0 Å². The molecule has 2 aromatic rings. The second-order valence-corrected chi connectivity index (χ2v) is 8.01. The highest BCUT2D eigenvalue weighted by Crippen LogP contribution is 2.22. The van der Waals surface area contributed by atoms with E-state index < -0.39 is 10.0 Å². The van der Waals surface area contributed by atoms with E-state index in [0.29, 0.717) is 32.1 Å². The largest absolute Gasteiger partial charge is 0.363 e. The van der Waals surface area contributed by atoms with Crippen molar-refractivity contribution in [1.29, 1.82) is 5.26 Å². The Balaban J connectivity index is 1.76. The number of sulfonamides is 1. The first-order valence-electron chi connectivity index (χ1n) is 8.18. The van der Waals surface area contributed by atoms with Crippen LogP contribution in [0.25, 0.3) is 0 Å². The summed E-state index contributed by atoms with van der Waals surface area (Å²) in [6.45, 7) is 1.62. The quantitative estimate of drug-likeness (QED) is 0.788. The average Bonchev–Trinajstić information content (AvgIpc) is 2.68. The summed E-state index contributed by atoms with van der Waals surface area (Å²) in [5.74, 6) is 1.39. The Kier molecular flexibility index (Phi) is 5.06. The summed E-state index contributed by atoms with van der Waals surface area (Å²) < 4.78 is 27.2. The number of aromatic nitrogens is 2. The first kappa shape index (κ1) is 18.1. The Bertz CT molecular complexity index is 930. The molecule has 0 unspecified atom stereocenters. The fraction of sp³-hybridized carbons (Fsp3) is 0.353. The first-order chi connectivity index (χ1) is 12.4. The topological polar surface area (TPSA) is 93.4 Å². The molecule has 1 saturated heterocycles. The number of hydrogen-bond donors (Lipinski definition) is 0. The van der Waals surface area contributed by atoms with Crippen molar-refractivity contribution in [2.75, 3.05) is 50.1 Å². The van der Waals surface area contributed by atoms with E-state index in [4.69, 9.17) is 0 Å². The second-order valence-electron chi connectivity index (χ2n) is 6.11. The van der Waals surface area contributed by atoms with E-state index in [0.717, 1.165) is 5.82 Å². The maximum atomic E-state index is 12.9. The van der Waals surface area contributed by atoms with Gasteiger partial charge in [0.15, 0.2) is 0 Å². The van der Waals surface area contributed by atoms with Crippen LogP contribution in [0.15, 0.2) is 41.4 Å². The van der Waals surface area contributed by atoms with Crippen molar-refractivity contribution < 1.29 is 8.42 Å². The molecule has 0 amide bonds. The van der Waals surface area contributed by atoms with Crippen LogP contribution in [0.5, 0.6) is 0 Å². The number of hydrogen-bond acceptors (Lipinski definition) is 7. The highest BCUT2D eigenvalue weighted by atomic mass is 32.2. The number of benzene rings is 1.